The molecule has 3 rings (SSSR count). The second-order valence-electron chi connectivity index (χ2n) is 4.90. The van der Waals surface area contributed by atoms with Gasteiger partial charge in [0.1, 0.15) is 0 Å². The van der Waals surface area contributed by atoms with Crippen molar-refractivity contribution in [1.29, 1.82) is 0 Å². The summed E-state index contributed by atoms with van der Waals surface area (Å²) in [5, 5.41) is 16.2. The van der Waals surface area contributed by atoms with Crippen molar-refractivity contribution in [1.82, 2.24) is 15.2 Å². The van der Waals surface area contributed by atoms with Gasteiger partial charge in [-0.25, -0.2) is 4.98 Å². The zero-order valence-electron chi connectivity index (χ0n) is 12.3. The number of benzene rings is 2. The average Bonchev–Trinajstić information content (AvgIpc) is 3.04. The van der Waals surface area contributed by atoms with Crippen LogP contribution in [0, 0.1) is 0 Å². The molecule has 0 unspecified atom stereocenters. The maximum absolute atomic E-state index is 10.5. The van der Waals surface area contributed by atoms with E-state index in [1.807, 2.05) is 42.5 Å². The highest BCUT2D eigenvalue weighted by atomic mass is 32.2. The summed E-state index contributed by atoms with van der Waals surface area (Å²) in [4.78, 5) is 14.9. The molecule has 0 aliphatic heterocycles. The zero-order valence-corrected chi connectivity index (χ0v) is 13.1. The molecule has 6 heteroatoms. The first kappa shape index (κ1) is 15.3. The summed E-state index contributed by atoms with van der Waals surface area (Å²) in [5.74, 6) is 0.326. The lowest BCUT2D eigenvalue weighted by atomic mass is 10.0. The molecule has 2 N–H and O–H groups in total. The molecule has 0 spiro atoms. The van der Waals surface area contributed by atoms with Crippen molar-refractivity contribution in [3.8, 4) is 22.5 Å². The fourth-order valence-electron chi connectivity index (χ4n) is 2.12. The van der Waals surface area contributed by atoms with Crippen molar-refractivity contribution in [2.45, 2.75) is 11.6 Å². The summed E-state index contributed by atoms with van der Waals surface area (Å²) >= 11 is 1.33. The van der Waals surface area contributed by atoms with Crippen LogP contribution in [0.3, 0.4) is 0 Å². The number of aliphatic carboxylic acids is 1. The van der Waals surface area contributed by atoms with E-state index in [0.29, 0.717) is 16.7 Å². The molecule has 0 saturated heterocycles. The topological polar surface area (TPSA) is 78.9 Å². The molecule has 3 aromatic rings. The lowest BCUT2D eigenvalue weighted by molar-refractivity contribution is -0.136. The second kappa shape index (κ2) is 7.11. The largest absolute Gasteiger partial charge is 0.481 e. The Balaban J connectivity index is 1.70. The molecule has 23 heavy (non-hydrogen) atoms. The Morgan fingerprint density at radius 1 is 1.00 bits per heavy atom. The number of nitrogens with one attached hydrogen (secondary N) is 1. The molecule has 2 aromatic carbocycles. The second-order valence-corrected chi connectivity index (χ2v) is 5.96. The smallest absolute Gasteiger partial charge is 0.304 e. The summed E-state index contributed by atoms with van der Waals surface area (Å²) < 4.78 is 0. The van der Waals surface area contributed by atoms with Gasteiger partial charge in [0.2, 0.25) is 5.16 Å². The van der Waals surface area contributed by atoms with Crippen molar-refractivity contribution in [3.05, 3.63) is 54.6 Å². The first-order valence-electron chi connectivity index (χ1n) is 7.15. The zero-order chi connectivity index (χ0) is 16.1. The lowest BCUT2D eigenvalue weighted by Crippen LogP contribution is -1.95. The van der Waals surface area contributed by atoms with Crippen LogP contribution in [-0.4, -0.2) is 32.0 Å². The van der Waals surface area contributed by atoms with Crippen molar-refractivity contribution >= 4 is 17.7 Å². The summed E-state index contributed by atoms with van der Waals surface area (Å²) in [6.45, 7) is 0. The molecule has 1 aromatic heterocycles. The number of aromatic amines is 1. The monoisotopic (exact) mass is 325 g/mol. The van der Waals surface area contributed by atoms with Crippen LogP contribution in [0.4, 0.5) is 0 Å². The van der Waals surface area contributed by atoms with Gasteiger partial charge in [-0.1, -0.05) is 66.4 Å². The van der Waals surface area contributed by atoms with Crippen LogP contribution in [0.2, 0.25) is 0 Å². The Labute approximate surface area is 137 Å². The predicted molar refractivity (Wildman–Crippen MR) is 90.2 cm³/mol. The summed E-state index contributed by atoms with van der Waals surface area (Å²) in [5.41, 5.74) is 3.26. The normalized spacial score (nSPS) is 10.6. The van der Waals surface area contributed by atoms with Gasteiger partial charge in [0, 0.05) is 11.3 Å². The number of rotatable bonds is 6. The molecule has 0 amide bonds. The standard InChI is InChI=1S/C17H15N3O2S/c21-15(22)10-11-23-17-18-16(19-20-17)14-8-6-13(7-9-14)12-4-2-1-3-5-12/h1-9H,10-11H2,(H,21,22)(H,18,19,20). The van der Waals surface area contributed by atoms with E-state index < -0.39 is 5.97 Å². The van der Waals surface area contributed by atoms with Gasteiger partial charge in [-0.15, -0.1) is 5.10 Å². The first-order chi connectivity index (χ1) is 11.2. The van der Waals surface area contributed by atoms with Gasteiger partial charge in [-0.2, -0.15) is 0 Å². The number of carbonyl (C=O) groups is 1. The number of aromatic nitrogens is 3. The van der Waals surface area contributed by atoms with Gasteiger partial charge in [-0.3, -0.25) is 9.89 Å². The number of H-pyrrole nitrogens is 1. The van der Waals surface area contributed by atoms with Crippen LogP contribution in [0.15, 0.2) is 59.8 Å². The summed E-state index contributed by atoms with van der Waals surface area (Å²) in [6, 6.07) is 18.2. The van der Waals surface area contributed by atoms with E-state index in [1.54, 1.807) is 0 Å². The van der Waals surface area contributed by atoms with Crippen LogP contribution in [0.25, 0.3) is 22.5 Å². The molecule has 0 saturated carbocycles. The van der Waals surface area contributed by atoms with Gasteiger partial charge >= 0.3 is 5.97 Å². The van der Waals surface area contributed by atoms with Crippen LogP contribution in [0.5, 0.6) is 0 Å². The van der Waals surface area contributed by atoms with Crippen molar-refractivity contribution in [2.75, 3.05) is 5.75 Å². The van der Waals surface area contributed by atoms with E-state index in [-0.39, 0.29) is 6.42 Å². The molecule has 0 radical (unpaired) electrons. The third-order valence-corrected chi connectivity index (χ3v) is 4.13. The van der Waals surface area contributed by atoms with E-state index in [1.165, 1.54) is 17.3 Å². The van der Waals surface area contributed by atoms with Crippen LogP contribution >= 0.6 is 11.8 Å². The van der Waals surface area contributed by atoms with Crippen LogP contribution in [-0.2, 0) is 4.79 Å². The maximum Gasteiger partial charge on any atom is 0.304 e. The molecule has 5 nitrogen and oxygen atoms in total. The fraction of sp³-hybridized carbons (Fsp3) is 0.118. The quantitative estimate of drug-likeness (QED) is 0.676. The molecule has 0 fully saturated rings. The van der Waals surface area contributed by atoms with Gasteiger partial charge in [-0.05, 0) is 11.1 Å². The summed E-state index contributed by atoms with van der Waals surface area (Å²) in [7, 11) is 0. The minimum absolute atomic E-state index is 0.0975. The highest BCUT2D eigenvalue weighted by molar-refractivity contribution is 7.99. The molecule has 0 bridgehead atoms. The van der Waals surface area contributed by atoms with Crippen molar-refractivity contribution < 1.29 is 9.90 Å². The van der Waals surface area contributed by atoms with Crippen molar-refractivity contribution in [2.24, 2.45) is 0 Å². The third-order valence-electron chi connectivity index (χ3n) is 3.28. The molecule has 1 heterocycles. The van der Waals surface area contributed by atoms with Crippen molar-refractivity contribution in [3.63, 3.8) is 0 Å². The molecule has 0 aliphatic rings. The average molecular weight is 325 g/mol. The Kier molecular flexibility index (Phi) is 4.73. The number of hydrogen-bond acceptors (Lipinski definition) is 4. The Bertz CT molecular complexity index is 785. The van der Waals surface area contributed by atoms with Gasteiger partial charge in [0.15, 0.2) is 5.82 Å². The first-order valence-corrected chi connectivity index (χ1v) is 8.14. The molecule has 0 aliphatic carbocycles. The maximum atomic E-state index is 10.5. The van der Waals surface area contributed by atoms with Gasteiger partial charge in [0.25, 0.3) is 0 Å². The number of hydrogen-bond donors (Lipinski definition) is 2. The number of nitrogens with zero attached hydrogens (tertiary/aromatic N) is 2. The number of thioether (sulfide) groups is 1. The fourth-order valence-corrected chi connectivity index (χ4v) is 2.85. The highest BCUT2D eigenvalue weighted by Crippen LogP contribution is 2.24. The predicted octanol–water partition coefficient (Wildman–Crippen LogP) is 3.71. The van der Waals surface area contributed by atoms with E-state index in [0.717, 1.165) is 11.1 Å². The Hall–Kier alpha value is -2.60. The van der Waals surface area contributed by atoms with E-state index in [9.17, 15) is 4.79 Å². The van der Waals surface area contributed by atoms with Crippen LogP contribution < -0.4 is 0 Å². The Morgan fingerprint density at radius 3 is 2.35 bits per heavy atom. The highest BCUT2D eigenvalue weighted by Gasteiger charge is 2.07. The molecule has 0 atom stereocenters. The Morgan fingerprint density at radius 2 is 1.65 bits per heavy atom. The van der Waals surface area contributed by atoms with Gasteiger partial charge < -0.3 is 5.11 Å². The number of carboxylic acids is 1. The van der Waals surface area contributed by atoms with E-state index in [2.05, 4.69) is 27.3 Å². The van der Waals surface area contributed by atoms with E-state index >= 15 is 0 Å². The molecular formula is C17H15N3O2S. The third kappa shape index (κ3) is 3.98. The summed E-state index contributed by atoms with van der Waals surface area (Å²) in [6.07, 6.45) is 0.0975. The molecule has 116 valence electrons. The molecular weight excluding hydrogens is 310 g/mol. The van der Waals surface area contributed by atoms with E-state index in [4.69, 9.17) is 5.11 Å². The van der Waals surface area contributed by atoms with Crippen LogP contribution in [0.1, 0.15) is 6.42 Å². The number of carboxylic acid groups (broad SMARTS) is 1. The lowest BCUT2D eigenvalue weighted by Gasteiger charge is -2.02. The minimum atomic E-state index is -0.815. The van der Waals surface area contributed by atoms with Gasteiger partial charge in [0.05, 0.1) is 6.42 Å². The minimum Gasteiger partial charge on any atom is -0.481 e. The SMILES string of the molecule is O=C(O)CCSc1n[nH]c(-c2ccc(-c3ccccc3)cc2)n1.